The van der Waals surface area contributed by atoms with Crippen molar-refractivity contribution < 1.29 is 23.9 Å². The minimum absolute atomic E-state index is 0.0387. The lowest BCUT2D eigenvalue weighted by molar-refractivity contribution is -0.875. The number of rotatable bonds is 20. The molecule has 6 heteroatoms. The molecule has 5 nitrogen and oxygen atoms in total. The van der Waals surface area contributed by atoms with Crippen LogP contribution >= 0.6 is 7.60 Å². The maximum absolute atomic E-state index is 11.8. The van der Waals surface area contributed by atoms with Gasteiger partial charge in [0, 0.05) is 0 Å². The normalized spacial score (nSPS) is 15.2. The molecule has 0 rings (SSSR count). The molecule has 0 fully saturated rings. The van der Waals surface area contributed by atoms with Crippen LogP contribution in [0.1, 0.15) is 103 Å². The van der Waals surface area contributed by atoms with E-state index < -0.39 is 12.9 Å². The molecular weight excluding hydrogens is 409 g/mol. The maximum atomic E-state index is 11.8. The molecule has 0 bridgehead atoms. The number of quaternary nitrogens is 1. The van der Waals surface area contributed by atoms with E-state index in [9.17, 15) is 19.5 Å². The van der Waals surface area contributed by atoms with Crippen LogP contribution in [-0.4, -0.2) is 52.4 Å². The van der Waals surface area contributed by atoms with Crippen LogP contribution in [0.3, 0.4) is 0 Å². The average Bonchev–Trinajstić information content (AvgIpc) is 2.65. The summed E-state index contributed by atoms with van der Waals surface area (Å²) < 4.78 is 12.1. The Morgan fingerprint density at radius 3 is 1.48 bits per heavy atom. The Labute approximate surface area is 192 Å². The number of likely N-dealkylation sites (N-methyl/N-ethyl adjacent to an activating group) is 1. The van der Waals surface area contributed by atoms with Gasteiger partial charge in [-0.2, -0.15) is 0 Å². The fourth-order valence-corrected chi connectivity index (χ4v) is 4.86. The minimum atomic E-state index is -4.56. The smallest absolute Gasteiger partial charge is 0.362 e. The predicted molar refractivity (Wildman–Crippen MR) is 133 cm³/mol. The molecule has 0 spiro atoms. The van der Waals surface area contributed by atoms with Crippen LogP contribution in [0, 0.1) is 0 Å². The Morgan fingerprint density at radius 1 is 0.710 bits per heavy atom. The molecule has 1 unspecified atom stereocenters. The van der Waals surface area contributed by atoms with E-state index in [0.717, 1.165) is 12.8 Å². The molecule has 0 aromatic rings. The molecule has 0 aromatic carbocycles. The third kappa shape index (κ3) is 17.7. The van der Waals surface area contributed by atoms with Crippen LogP contribution in [0.15, 0.2) is 24.3 Å². The van der Waals surface area contributed by atoms with Gasteiger partial charge >= 0.3 is 7.60 Å². The van der Waals surface area contributed by atoms with Crippen molar-refractivity contribution >= 4 is 7.60 Å². The zero-order chi connectivity index (χ0) is 23.6. The van der Waals surface area contributed by atoms with E-state index in [1.165, 1.54) is 70.6 Å². The Morgan fingerprint density at radius 2 is 1.10 bits per heavy atom. The summed E-state index contributed by atoms with van der Waals surface area (Å²) in [4.78, 5) is 19.1. The largest absolute Gasteiger partial charge is 0.373 e. The second kappa shape index (κ2) is 17.1. The number of allylic oxidation sites excluding steroid dienone is 4. The van der Waals surface area contributed by atoms with Crippen molar-refractivity contribution in [3.05, 3.63) is 24.3 Å². The van der Waals surface area contributed by atoms with E-state index in [1.54, 1.807) is 0 Å². The van der Waals surface area contributed by atoms with Crippen molar-refractivity contribution in [2.45, 2.75) is 109 Å². The predicted octanol–water partition coefficient (Wildman–Crippen LogP) is 6.54. The van der Waals surface area contributed by atoms with Gasteiger partial charge in [0.15, 0.2) is 0 Å². The van der Waals surface area contributed by atoms with E-state index in [0.29, 0.717) is 10.9 Å². The van der Waals surface area contributed by atoms with E-state index in [4.69, 9.17) is 0 Å². The second-order valence-corrected chi connectivity index (χ2v) is 11.9. The van der Waals surface area contributed by atoms with Gasteiger partial charge in [-0.3, -0.25) is 4.57 Å². The highest BCUT2D eigenvalue weighted by atomic mass is 31.2. The van der Waals surface area contributed by atoms with Crippen LogP contribution in [0.4, 0.5) is 0 Å². The third-order valence-electron chi connectivity index (χ3n) is 5.50. The summed E-state index contributed by atoms with van der Waals surface area (Å²) in [7, 11) is 0.917. The summed E-state index contributed by atoms with van der Waals surface area (Å²) >= 11 is 0. The highest BCUT2D eigenvalue weighted by molar-refractivity contribution is 7.53. The van der Waals surface area contributed by atoms with Crippen LogP contribution in [0.5, 0.6) is 0 Å². The maximum Gasteiger partial charge on any atom is 0.362 e. The molecule has 0 aromatic heterocycles. The van der Waals surface area contributed by atoms with Crippen molar-refractivity contribution in [3.8, 4) is 0 Å². The molecule has 0 saturated carbocycles. The highest BCUT2D eigenvalue weighted by Crippen LogP contribution is 2.52. The Balaban J connectivity index is 3.70. The number of hydrogen-bond donors (Lipinski definition) is 3. The highest BCUT2D eigenvalue weighted by Gasteiger charge is 2.48. The molecule has 1 atom stereocenters. The molecule has 0 radical (unpaired) electrons. The fourth-order valence-electron chi connectivity index (χ4n) is 3.80. The molecule has 184 valence electrons. The third-order valence-corrected chi connectivity index (χ3v) is 6.95. The summed E-state index contributed by atoms with van der Waals surface area (Å²) in [5, 5.41) is 8.57. The number of unbranched alkanes of at least 4 members (excludes halogenated alkanes) is 11. The second-order valence-electron chi connectivity index (χ2n) is 10.0. The molecule has 0 aliphatic carbocycles. The molecule has 0 aliphatic rings. The Bertz CT molecular complexity index is 536. The van der Waals surface area contributed by atoms with Crippen LogP contribution < -0.4 is 0 Å². The topological polar surface area (TPSA) is 77.8 Å². The monoisotopic (exact) mass is 460 g/mol. The first-order valence-corrected chi connectivity index (χ1v) is 14.0. The van der Waals surface area contributed by atoms with Gasteiger partial charge < -0.3 is 19.4 Å². The van der Waals surface area contributed by atoms with Gasteiger partial charge in [-0.05, 0) is 51.4 Å². The van der Waals surface area contributed by atoms with E-state index in [-0.39, 0.29) is 13.0 Å². The SMILES string of the molecule is CCC/C=C\CCCCCCCCCC/C=C\CCCC(O)(C[N+](C)(C)C)P(=O)(O)O. The van der Waals surface area contributed by atoms with Gasteiger partial charge in [-0.25, -0.2) is 0 Å². The van der Waals surface area contributed by atoms with Gasteiger partial charge in [0.2, 0.25) is 5.34 Å². The summed E-state index contributed by atoms with van der Waals surface area (Å²) in [5.41, 5.74) is 0. The van der Waals surface area contributed by atoms with Gasteiger partial charge in [0.25, 0.3) is 0 Å². The lowest BCUT2D eigenvalue weighted by atomic mass is 10.1. The average molecular weight is 461 g/mol. The fraction of sp³-hybridized carbons (Fsp3) is 0.840. The van der Waals surface area contributed by atoms with Crippen molar-refractivity contribution in [1.82, 2.24) is 0 Å². The van der Waals surface area contributed by atoms with E-state index >= 15 is 0 Å². The molecule has 0 saturated heterocycles. The zero-order valence-corrected chi connectivity index (χ0v) is 21.7. The Hall–Kier alpha value is -0.450. The van der Waals surface area contributed by atoms with Crippen molar-refractivity contribution in [2.24, 2.45) is 0 Å². The van der Waals surface area contributed by atoms with Gasteiger partial charge in [-0.15, -0.1) is 0 Å². The first-order valence-electron chi connectivity index (χ1n) is 12.4. The lowest BCUT2D eigenvalue weighted by Gasteiger charge is -2.35. The quantitative estimate of drug-likeness (QED) is 0.0834. The van der Waals surface area contributed by atoms with Crippen LogP contribution in [0.2, 0.25) is 0 Å². The first-order chi connectivity index (χ1) is 14.5. The molecular formula is C25H51NO4P+. The van der Waals surface area contributed by atoms with Gasteiger partial charge in [-0.1, -0.05) is 76.2 Å². The molecule has 0 heterocycles. The van der Waals surface area contributed by atoms with Crippen molar-refractivity contribution in [1.29, 1.82) is 0 Å². The molecule has 31 heavy (non-hydrogen) atoms. The number of hydrogen-bond acceptors (Lipinski definition) is 2. The Kier molecular flexibility index (Phi) is 16.8. The van der Waals surface area contributed by atoms with Crippen LogP contribution in [0.25, 0.3) is 0 Å². The molecule has 0 aliphatic heterocycles. The number of aliphatic hydroxyl groups is 1. The number of nitrogens with zero attached hydrogens (tertiary/aromatic N) is 1. The molecule has 0 amide bonds. The lowest BCUT2D eigenvalue weighted by Crippen LogP contribution is -2.49. The summed E-state index contributed by atoms with van der Waals surface area (Å²) in [5.74, 6) is 0. The standard InChI is InChI=1S/C25H50NO4P/c1-5-6-7-8-9-10-11-12-13-14-15-16-17-18-19-20-21-22-23-25(27,31(28,29)30)24-26(2,3)4/h7-8,19-20,27H,5-6,9-18,21-24H2,1-4H3,(H-,28,29,30)/p+1/b8-7-,20-19-. The van der Waals surface area contributed by atoms with Crippen LogP contribution in [-0.2, 0) is 4.57 Å². The van der Waals surface area contributed by atoms with E-state index in [1.807, 2.05) is 21.1 Å². The summed E-state index contributed by atoms with van der Waals surface area (Å²) in [6.45, 7) is 2.26. The summed E-state index contributed by atoms with van der Waals surface area (Å²) in [6, 6.07) is 0. The van der Waals surface area contributed by atoms with E-state index in [2.05, 4.69) is 31.2 Å². The van der Waals surface area contributed by atoms with Crippen molar-refractivity contribution in [2.75, 3.05) is 27.7 Å². The summed E-state index contributed by atoms with van der Waals surface area (Å²) in [6.07, 6.45) is 25.6. The minimum Gasteiger partial charge on any atom is -0.373 e. The van der Waals surface area contributed by atoms with Crippen molar-refractivity contribution in [3.63, 3.8) is 0 Å². The first kappa shape index (κ1) is 30.6. The van der Waals surface area contributed by atoms with Gasteiger partial charge in [0.1, 0.15) is 6.54 Å². The zero-order valence-electron chi connectivity index (χ0n) is 20.8. The molecule has 3 N–H and O–H groups in total. The van der Waals surface area contributed by atoms with Gasteiger partial charge in [0.05, 0.1) is 21.1 Å².